The van der Waals surface area contributed by atoms with Gasteiger partial charge in [0.2, 0.25) is 29.5 Å². The monoisotopic (exact) mass is 1470 g/mol. The molecule has 15 heteroatoms. The number of hydrogen-bond acceptors (Lipinski definition) is 10. The lowest BCUT2D eigenvalue weighted by Gasteiger charge is -2.16. The first kappa shape index (κ1) is 85.4. The predicted octanol–water partition coefficient (Wildman–Crippen LogP) is 23.0. The van der Waals surface area contributed by atoms with Gasteiger partial charge in [0, 0.05) is 118 Å². The van der Waals surface area contributed by atoms with Crippen LogP contribution in [-0.4, -0.2) is 91.0 Å². The van der Waals surface area contributed by atoms with E-state index < -0.39 is 0 Å². The summed E-state index contributed by atoms with van der Waals surface area (Å²) in [4.78, 5) is 74.2. The Hall–Kier alpha value is -3.50. The molecule has 0 spiro atoms. The average Bonchev–Trinajstić information content (AvgIpc) is 1.51. The van der Waals surface area contributed by atoms with E-state index in [2.05, 4.69) is 161 Å². The summed E-state index contributed by atoms with van der Waals surface area (Å²) in [5.74, 6) is 9.80. The summed E-state index contributed by atoms with van der Waals surface area (Å²) in [5, 5.41) is 28.2. The minimum atomic E-state index is 0.0806. The van der Waals surface area contributed by atoms with Crippen LogP contribution < -0.4 is 26.6 Å². The van der Waals surface area contributed by atoms with Crippen LogP contribution in [0, 0.1) is 59.2 Å². The molecule has 0 saturated heterocycles. The molecule has 0 aliphatic heterocycles. The van der Waals surface area contributed by atoms with Crippen LogP contribution in [0.3, 0.4) is 0 Å². The second kappa shape index (κ2) is 45.8. The van der Waals surface area contributed by atoms with E-state index in [1.54, 1.807) is 58.8 Å². The van der Waals surface area contributed by atoms with Gasteiger partial charge in [-0.2, -0.15) is 0 Å². The Bertz CT molecular complexity index is 2830. The van der Waals surface area contributed by atoms with Crippen molar-refractivity contribution in [2.75, 3.05) is 61.5 Å². The van der Waals surface area contributed by atoms with E-state index in [4.69, 9.17) is 0 Å². The minimum absolute atomic E-state index is 0.0806. The van der Waals surface area contributed by atoms with Crippen LogP contribution >= 0.6 is 58.8 Å². The molecule has 0 aliphatic carbocycles. The summed E-state index contributed by atoms with van der Waals surface area (Å²) < 4.78 is 0. The molecule has 5 amide bonds. The van der Waals surface area contributed by atoms with Gasteiger partial charge >= 0.3 is 0 Å². The summed E-state index contributed by atoms with van der Waals surface area (Å²) in [6, 6.07) is 11.9. The third-order valence-electron chi connectivity index (χ3n) is 20.4. The van der Waals surface area contributed by atoms with Crippen molar-refractivity contribution < 1.29 is 24.0 Å². The Labute approximate surface area is 628 Å². The van der Waals surface area contributed by atoms with Gasteiger partial charge in [0.25, 0.3) is 0 Å². The van der Waals surface area contributed by atoms with Crippen molar-refractivity contribution in [3.05, 3.63) is 30.3 Å². The van der Waals surface area contributed by atoms with Crippen LogP contribution in [0.5, 0.6) is 0 Å². The summed E-state index contributed by atoms with van der Waals surface area (Å²) in [6.07, 6.45) is 25.1. The van der Waals surface area contributed by atoms with Crippen molar-refractivity contribution >= 4 is 142 Å². The van der Waals surface area contributed by atoms with E-state index in [1.807, 2.05) is 0 Å². The van der Waals surface area contributed by atoms with E-state index in [9.17, 15) is 24.0 Å². The number of hydrogen-bond donors (Lipinski definition) is 5. The molecule has 560 valence electrons. The lowest BCUT2D eigenvalue weighted by Crippen LogP contribution is -2.25. The van der Waals surface area contributed by atoms with Gasteiger partial charge in [0.05, 0.1) is 0 Å². The first-order valence-electron chi connectivity index (χ1n) is 39.7. The normalized spacial score (nSPS) is 13.8. The van der Waals surface area contributed by atoms with E-state index in [1.165, 1.54) is 123 Å². The highest BCUT2D eigenvalue weighted by molar-refractivity contribution is 8.00. The number of amides is 5. The largest absolute Gasteiger partial charge is 0.356 e. The fourth-order valence-corrected chi connectivity index (χ4v) is 19.2. The number of nitrogens with one attached hydrogen (secondary N) is 5. The fraction of sp³-hybridized carbons (Fsp3) is 0.706. The van der Waals surface area contributed by atoms with Crippen molar-refractivity contribution in [1.82, 2.24) is 26.6 Å². The van der Waals surface area contributed by atoms with Crippen LogP contribution in [0.15, 0.2) is 54.8 Å². The van der Waals surface area contributed by atoms with E-state index >= 15 is 0 Å². The molecule has 0 heterocycles. The Balaban J connectivity index is 1.40. The van der Waals surface area contributed by atoms with E-state index in [0.717, 1.165) is 83.5 Å². The Morgan fingerprint density at radius 3 is 0.560 bits per heavy atom. The first-order valence-corrected chi connectivity index (χ1v) is 44.6. The van der Waals surface area contributed by atoms with Gasteiger partial charge < -0.3 is 26.6 Å². The molecule has 0 fully saturated rings. The quantitative estimate of drug-likeness (QED) is 0.0185. The molecule has 0 aromatic heterocycles. The molecule has 10 nitrogen and oxygen atoms in total. The maximum Gasteiger partial charge on any atom is 0.220 e. The van der Waals surface area contributed by atoms with Crippen molar-refractivity contribution in [2.45, 2.75) is 289 Å². The molecule has 0 bridgehead atoms. The third kappa shape index (κ3) is 29.8. The Morgan fingerprint density at radius 1 is 0.250 bits per heavy atom. The highest BCUT2D eigenvalue weighted by atomic mass is 32.2. The first-order chi connectivity index (χ1) is 47.9. The van der Waals surface area contributed by atoms with Crippen molar-refractivity contribution in [1.29, 1.82) is 0 Å². The Kier molecular flexibility index (Phi) is 39.1. The zero-order chi connectivity index (χ0) is 72.7. The molecule has 6 aromatic carbocycles. The van der Waals surface area contributed by atoms with Gasteiger partial charge in [-0.05, 0) is 175 Å². The van der Waals surface area contributed by atoms with Gasteiger partial charge in [-0.15, -0.1) is 58.8 Å². The van der Waals surface area contributed by atoms with Crippen LogP contribution in [0.2, 0.25) is 0 Å². The summed E-state index contributed by atoms with van der Waals surface area (Å²) in [6.45, 7) is 37.8. The topological polar surface area (TPSA) is 146 Å². The zero-order valence-corrected chi connectivity index (χ0v) is 69.1. The van der Waals surface area contributed by atoms with Crippen LogP contribution in [0.25, 0.3) is 53.9 Å². The van der Waals surface area contributed by atoms with Crippen LogP contribution in [0.1, 0.15) is 264 Å². The number of benzene rings is 5. The summed E-state index contributed by atoms with van der Waals surface area (Å²) >= 11 is 8.78. The smallest absolute Gasteiger partial charge is 0.220 e. The molecule has 0 radical (unpaired) electrons. The van der Waals surface area contributed by atoms with Gasteiger partial charge in [-0.25, -0.2) is 0 Å². The van der Waals surface area contributed by atoms with Crippen molar-refractivity contribution in [2.24, 2.45) is 59.2 Å². The number of rotatable bonds is 55. The number of carbonyl (C=O) groups excluding carboxylic acids is 5. The molecule has 6 rings (SSSR count). The minimum Gasteiger partial charge on any atom is -0.356 e. The second-order valence-corrected chi connectivity index (χ2v) is 38.0. The zero-order valence-electron chi connectivity index (χ0n) is 65.0. The summed E-state index contributed by atoms with van der Waals surface area (Å²) in [5.41, 5.74) is 0. The van der Waals surface area contributed by atoms with Gasteiger partial charge in [-0.1, -0.05) is 200 Å². The van der Waals surface area contributed by atoms with Crippen molar-refractivity contribution in [3.8, 4) is 0 Å². The number of thioether (sulfide) groups is 5. The summed E-state index contributed by atoms with van der Waals surface area (Å²) in [7, 11) is 0. The van der Waals surface area contributed by atoms with Crippen LogP contribution in [-0.2, 0) is 24.0 Å². The molecule has 6 aromatic rings. The molecular formula is C85H135N5O5S5. The maximum absolute atomic E-state index is 13.7. The SMILES string of the molecule is CC(C)CCC[C@H](C)CCNC(=O)CCSc1cc2c(SCCC(=O)NCC[C@@H](C)CCCC(C)C)cc3c(SCCC(=O)NCC[C@@H](C)CCCC(C)C)cc4c(SCCC(=O)NCC[C@@H](C)CCCC(C)C)cc5c(SCCC(=O)NCC[C@@H](C)CCCC(C)C)cc1c1c5c4c3c21. The molecule has 5 N–H and O–H groups in total. The maximum atomic E-state index is 13.7. The standard InChI is InChI=1S/C85H135N5O5S5/c1-56(2)21-16-26-61(11)31-41-86-76(91)36-46-96-71-51-67-73(98-48-38-78(93)88-43-33-63(13)28-18-23-58(5)6)53-69-75(100-50-40-80(95)90-45-35-65(15)30-20-25-60(9)10)55-70-74(99-49-39-79(94)89-44-34-64(14)29-19-24-59(7)8)54-68-72(52-66(71)81-82(67)84(69)85(70)83(68)81)97-47-37-77(92)87-42-32-62(12)27-17-22-57(3)4/h51-65H,16-50H2,1-15H3,(H,86,91)(H,87,92)(H,88,93)(H,89,94)(H,90,95)/t61-,62-,63-,64-,65-/m0/s1. The molecule has 100 heavy (non-hydrogen) atoms. The molecule has 0 aliphatic rings. The van der Waals surface area contributed by atoms with E-state index in [0.29, 0.717) is 153 Å². The molecule has 0 unspecified atom stereocenters. The van der Waals surface area contributed by atoms with Crippen molar-refractivity contribution in [3.63, 3.8) is 0 Å². The predicted molar refractivity (Wildman–Crippen MR) is 442 cm³/mol. The number of carbonyl (C=O) groups is 5. The molecular weight excluding hydrogens is 1330 g/mol. The molecule has 5 atom stereocenters. The lowest BCUT2D eigenvalue weighted by atomic mass is 9.97. The van der Waals surface area contributed by atoms with Gasteiger partial charge in [-0.3, -0.25) is 24.0 Å². The molecule has 0 saturated carbocycles. The van der Waals surface area contributed by atoms with Gasteiger partial charge in [0.1, 0.15) is 0 Å². The highest BCUT2D eigenvalue weighted by Gasteiger charge is 2.29. The van der Waals surface area contributed by atoms with E-state index in [-0.39, 0.29) is 29.5 Å². The third-order valence-corrected chi connectivity index (χ3v) is 25.7. The Morgan fingerprint density at radius 2 is 0.410 bits per heavy atom. The van der Waals surface area contributed by atoms with Gasteiger partial charge in [0.15, 0.2) is 0 Å². The van der Waals surface area contributed by atoms with Crippen LogP contribution in [0.4, 0.5) is 0 Å². The lowest BCUT2D eigenvalue weighted by molar-refractivity contribution is -0.121. The second-order valence-electron chi connectivity index (χ2n) is 32.3. The fourth-order valence-electron chi connectivity index (χ4n) is 14.0. The highest BCUT2D eigenvalue weighted by Crippen LogP contribution is 2.57. The average molecular weight is 1470 g/mol.